The van der Waals surface area contributed by atoms with Crippen molar-refractivity contribution in [1.82, 2.24) is 0 Å². The average Bonchev–Trinajstić information content (AvgIpc) is 2.71. The van der Waals surface area contributed by atoms with Crippen LogP contribution in [-0.4, -0.2) is 12.3 Å². The van der Waals surface area contributed by atoms with E-state index in [1.54, 1.807) is 0 Å². The van der Waals surface area contributed by atoms with Gasteiger partial charge in [0.25, 0.3) is 0 Å². The molecule has 0 spiro atoms. The lowest BCUT2D eigenvalue weighted by molar-refractivity contribution is 0.873. The van der Waals surface area contributed by atoms with Gasteiger partial charge in [-0.15, -0.1) is 11.8 Å². The Morgan fingerprint density at radius 2 is 1.35 bits per heavy atom. The summed E-state index contributed by atoms with van der Waals surface area (Å²) in [6.45, 7) is 2.90. The van der Waals surface area contributed by atoms with Gasteiger partial charge in [-0.2, -0.15) is 0 Å². The van der Waals surface area contributed by atoms with Gasteiger partial charge >= 0.3 is 0 Å². The Morgan fingerprint density at radius 1 is 0.769 bits per heavy atom. The Hall–Kier alpha value is -2.03. The largest absolute Gasteiger partial charge is 0.330 e. The third kappa shape index (κ3) is 3.87. The van der Waals surface area contributed by atoms with Crippen molar-refractivity contribution in [3.63, 3.8) is 0 Å². The van der Waals surface area contributed by atoms with Crippen molar-refractivity contribution >= 4 is 11.8 Å². The van der Waals surface area contributed by atoms with Crippen LogP contribution in [0.3, 0.4) is 0 Å². The van der Waals surface area contributed by atoms with E-state index in [0.717, 1.165) is 18.6 Å². The second-order valence-electron chi connectivity index (χ2n) is 6.50. The summed E-state index contributed by atoms with van der Waals surface area (Å²) in [5.41, 5.74) is 11.3. The van der Waals surface area contributed by atoms with Crippen molar-refractivity contribution in [3.05, 3.63) is 107 Å². The quantitative estimate of drug-likeness (QED) is 0.527. The van der Waals surface area contributed by atoms with E-state index in [1.807, 2.05) is 11.8 Å². The van der Waals surface area contributed by atoms with Crippen molar-refractivity contribution in [2.45, 2.75) is 24.5 Å². The fraction of sp³-hybridized carbons (Fsp3) is 0.250. The Labute approximate surface area is 161 Å². The molecule has 134 valence electrons. The van der Waals surface area contributed by atoms with Crippen LogP contribution in [0.15, 0.2) is 84.9 Å². The molecule has 0 aliphatic rings. The molecule has 0 aliphatic carbocycles. The van der Waals surface area contributed by atoms with Gasteiger partial charge in [-0.1, -0.05) is 98.3 Å². The molecule has 2 N–H and O–H groups in total. The van der Waals surface area contributed by atoms with Crippen molar-refractivity contribution in [2.24, 2.45) is 5.73 Å². The third-order valence-electron chi connectivity index (χ3n) is 4.67. The smallest absolute Gasteiger partial charge is 0.0907 e. The van der Waals surface area contributed by atoms with Gasteiger partial charge in [-0.25, -0.2) is 0 Å². The molecule has 0 heterocycles. The topological polar surface area (TPSA) is 26.0 Å². The fourth-order valence-electron chi connectivity index (χ4n) is 3.54. The van der Waals surface area contributed by atoms with Crippen LogP contribution in [-0.2, 0) is 11.2 Å². The second-order valence-corrected chi connectivity index (χ2v) is 7.81. The first-order chi connectivity index (χ1) is 12.8. The Bertz CT molecular complexity index is 759. The first kappa shape index (κ1) is 18.8. The van der Waals surface area contributed by atoms with Crippen LogP contribution in [0, 0.1) is 0 Å². The lowest BCUT2D eigenvalue weighted by atomic mass is 9.83. The minimum atomic E-state index is -0.244. The molecule has 0 fully saturated rings. The van der Waals surface area contributed by atoms with Crippen LogP contribution >= 0.6 is 11.8 Å². The molecular formula is C24H27NS. The fourth-order valence-corrected chi connectivity index (χ4v) is 4.87. The van der Waals surface area contributed by atoms with Crippen LogP contribution in [0.5, 0.6) is 0 Å². The highest BCUT2D eigenvalue weighted by molar-refractivity contribution is 8.00. The number of hydrogen-bond acceptors (Lipinski definition) is 2. The monoisotopic (exact) mass is 361 g/mol. The highest BCUT2D eigenvalue weighted by atomic mass is 32.2. The molecule has 0 radical (unpaired) electrons. The van der Waals surface area contributed by atoms with E-state index >= 15 is 0 Å². The van der Waals surface area contributed by atoms with Crippen molar-refractivity contribution in [3.8, 4) is 0 Å². The van der Waals surface area contributed by atoms with Crippen molar-refractivity contribution in [1.29, 1.82) is 0 Å². The third-order valence-corrected chi connectivity index (χ3v) is 6.25. The predicted octanol–water partition coefficient (Wildman–Crippen LogP) is 5.62. The predicted molar refractivity (Wildman–Crippen MR) is 115 cm³/mol. The van der Waals surface area contributed by atoms with E-state index in [2.05, 4.69) is 91.9 Å². The van der Waals surface area contributed by atoms with Gasteiger partial charge in [0, 0.05) is 12.3 Å². The molecule has 0 bridgehead atoms. The minimum absolute atomic E-state index is 0.244. The van der Waals surface area contributed by atoms with E-state index in [-0.39, 0.29) is 4.75 Å². The number of benzene rings is 3. The number of aryl methyl sites for hydroxylation is 1. The summed E-state index contributed by atoms with van der Waals surface area (Å²) in [5, 5.41) is 0. The number of thioether (sulfide) groups is 1. The van der Waals surface area contributed by atoms with Crippen LogP contribution in [0.25, 0.3) is 0 Å². The Balaban J connectivity index is 2.24. The molecule has 3 aromatic rings. The average molecular weight is 362 g/mol. The van der Waals surface area contributed by atoms with Gasteiger partial charge in [0.05, 0.1) is 4.75 Å². The van der Waals surface area contributed by atoms with Gasteiger partial charge in [0.1, 0.15) is 0 Å². The van der Waals surface area contributed by atoms with Gasteiger partial charge in [0.15, 0.2) is 0 Å². The SMILES string of the molecule is CCCc1cccc(C(SCCN)(c2ccccc2)c2ccccc2)c1. The minimum Gasteiger partial charge on any atom is -0.330 e. The van der Waals surface area contributed by atoms with Gasteiger partial charge in [-0.05, 0) is 28.7 Å². The lowest BCUT2D eigenvalue weighted by Gasteiger charge is -2.35. The van der Waals surface area contributed by atoms with E-state index in [9.17, 15) is 0 Å². The van der Waals surface area contributed by atoms with Crippen LogP contribution in [0.4, 0.5) is 0 Å². The summed E-state index contributed by atoms with van der Waals surface area (Å²) in [6.07, 6.45) is 2.26. The number of hydrogen-bond donors (Lipinski definition) is 1. The zero-order valence-electron chi connectivity index (χ0n) is 15.4. The summed E-state index contributed by atoms with van der Waals surface area (Å²) in [5.74, 6) is 0.905. The maximum absolute atomic E-state index is 5.93. The number of rotatable bonds is 8. The molecule has 3 aromatic carbocycles. The summed E-state index contributed by atoms with van der Waals surface area (Å²) in [6, 6.07) is 30.7. The number of nitrogens with two attached hydrogens (primary N) is 1. The maximum Gasteiger partial charge on any atom is 0.0907 e. The Kier molecular flexibility index (Phi) is 6.54. The van der Waals surface area contributed by atoms with Crippen LogP contribution in [0.1, 0.15) is 35.6 Å². The highest BCUT2D eigenvalue weighted by Crippen LogP contribution is 2.48. The molecule has 0 unspecified atom stereocenters. The first-order valence-electron chi connectivity index (χ1n) is 9.35. The van der Waals surface area contributed by atoms with E-state index in [4.69, 9.17) is 5.73 Å². The molecule has 0 amide bonds. The van der Waals surface area contributed by atoms with Crippen molar-refractivity contribution in [2.75, 3.05) is 12.3 Å². The molecule has 0 aliphatic heterocycles. The van der Waals surface area contributed by atoms with Gasteiger partial charge in [-0.3, -0.25) is 0 Å². The molecule has 26 heavy (non-hydrogen) atoms. The first-order valence-corrected chi connectivity index (χ1v) is 10.3. The summed E-state index contributed by atoms with van der Waals surface area (Å²) < 4.78 is -0.244. The normalized spacial score (nSPS) is 11.5. The van der Waals surface area contributed by atoms with Crippen LogP contribution in [0.2, 0.25) is 0 Å². The van der Waals surface area contributed by atoms with Crippen LogP contribution < -0.4 is 5.73 Å². The molecular weight excluding hydrogens is 334 g/mol. The lowest BCUT2D eigenvalue weighted by Crippen LogP contribution is -2.27. The molecule has 0 aromatic heterocycles. The van der Waals surface area contributed by atoms with E-state index in [0.29, 0.717) is 6.54 Å². The van der Waals surface area contributed by atoms with E-state index in [1.165, 1.54) is 22.3 Å². The maximum atomic E-state index is 5.93. The summed E-state index contributed by atoms with van der Waals surface area (Å²) >= 11 is 1.93. The Morgan fingerprint density at radius 3 is 1.88 bits per heavy atom. The molecule has 2 heteroatoms. The molecule has 1 nitrogen and oxygen atoms in total. The molecule has 0 saturated heterocycles. The zero-order valence-corrected chi connectivity index (χ0v) is 16.2. The molecule has 0 saturated carbocycles. The van der Waals surface area contributed by atoms with Gasteiger partial charge < -0.3 is 5.73 Å². The highest BCUT2D eigenvalue weighted by Gasteiger charge is 2.36. The standard InChI is InChI=1S/C24H27NS/c1-2-10-20-11-9-16-23(19-20)24(26-18-17-25,21-12-5-3-6-13-21)22-14-7-4-8-15-22/h3-9,11-16,19H,2,10,17-18,25H2,1H3. The summed E-state index contributed by atoms with van der Waals surface area (Å²) in [7, 11) is 0. The summed E-state index contributed by atoms with van der Waals surface area (Å²) in [4.78, 5) is 0. The van der Waals surface area contributed by atoms with Gasteiger partial charge in [0.2, 0.25) is 0 Å². The van der Waals surface area contributed by atoms with E-state index < -0.39 is 0 Å². The zero-order chi connectivity index (χ0) is 18.2. The molecule has 0 atom stereocenters. The second kappa shape index (κ2) is 9.07. The van der Waals surface area contributed by atoms with Crippen molar-refractivity contribution < 1.29 is 0 Å². The molecule has 3 rings (SSSR count).